The number of benzene rings is 2. The Morgan fingerprint density at radius 3 is 1.81 bits per heavy atom. The first-order chi connectivity index (χ1) is 12.4. The Kier molecular flexibility index (Phi) is 6.33. The molecule has 0 spiro atoms. The highest BCUT2D eigenvalue weighted by Gasteiger charge is 2.21. The second kappa shape index (κ2) is 8.29. The van der Waals surface area contributed by atoms with Gasteiger partial charge in [-0.3, -0.25) is 0 Å². The molecule has 2 rings (SSSR count). The fourth-order valence-electron chi connectivity index (χ4n) is 2.47. The molecule has 2 aromatic carbocycles. The van der Waals surface area contributed by atoms with E-state index in [2.05, 4.69) is 4.72 Å². The normalized spacial score (nSPS) is 12.3. The fraction of sp³-hybridized carbons (Fsp3) is 0.333. The Morgan fingerprint density at radius 1 is 0.769 bits per heavy atom. The molecule has 0 amide bonds. The van der Waals surface area contributed by atoms with Crippen LogP contribution in [0, 0.1) is 0 Å². The number of methoxy groups -OCH3 is 4. The molecule has 0 bridgehead atoms. The van der Waals surface area contributed by atoms with Crippen molar-refractivity contribution in [1.82, 2.24) is 4.72 Å². The molecular weight excluding hydrogens is 358 g/mol. The van der Waals surface area contributed by atoms with Crippen LogP contribution in [0.5, 0.6) is 23.0 Å². The van der Waals surface area contributed by atoms with Crippen molar-refractivity contribution < 1.29 is 27.4 Å². The van der Waals surface area contributed by atoms with Crippen molar-refractivity contribution in [3.05, 3.63) is 42.0 Å². The van der Waals surface area contributed by atoms with Crippen molar-refractivity contribution in [3.8, 4) is 23.0 Å². The third kappa shape index (κ3) is 4.20. The average Bonchev–Trinajstić information content (AvgIpc) is 2.66. The number of ether oxygens (including phenoxy) is 4. The van der Waals surface area contributed by atoms with Gasteiger partial charge in [0, 0.05) is 12.1 Å². The number of nitrogens with one attached hydrogen (secondary N) is 1. The molecule has 2 aromatic rings. The first-order valence-electron chi connectivity index (χ1n) is 7.82. The molecule has 0 aromatic heterocycles. The van der Waals surface area contributed by atoms with E-state index in [0.717, 1.165) is 5.56 Å². The summed E-state index contributed by atoms with van der Waals surface area (Å²) in [5.74, 6) is 1.90. The van der Waals surface area contributed by atoms with Gasteiger partial charge in [-0.05, 0) is 36.8 Å². The smallest absolute Gasteiger partial charge is 0.241 e. The summed E-state index contributed by atoms with van der Waals surface area (Å²) in [6, 6.07) is 9.20. The van der Waals surface area contributed by atoms with Gasteiger partial charge in [0.05, 0.1) is 33.3 Å². The molecule has 0 aliphatic carbocycles. The summed E-state index contributed by atoms with van der Waals surface area (Å²) in [6.07, 6.45) is 0. The van der Waals surface area contributed by atoms with Crippen LogP contribution in [0.15, 0.2) is 41.3 Å². The van der Waals surface area contributed by atoms with Crippen LogP contribution >= 0.6 is 0 Å². The third-order valence-corrected chi connectivity index (χ3v) is 5.44. The molecular formula is C18H23NO6S. The Labute approximate surface area is 153 Å². The van der Waals surface area contributed by atoms with Gasteiger partial charge >= 0.3 is 0 Å². The summed E-state index contributed by atoms with van der Waals surface area (Å²) >= 11 is 0. The van der Waals surface area contributed by atoms with Crippen LogP contribution in [0.3, 0.4) is 0 Å². The van der Waals surface area contributed by atoms with E-state index in [0.29, 0.717) is 23.0 Å². The number of hydrogen-bond acceptors (Lipinski definition) is 6. The van der Waals surface area contributed by atoms with Gasteiger partial charge in [-0.15, -0.1) is 0 Å². The van der Waals surface area contributed by atoms with Crippen molar-refractivity contribution >= 4 is 10.0 Å². The van der Waals surface area contributed by atoms with Gasteiger partial charge in [-0.2, -0.15) is 0 Å². The lowest BCUT2D eigenvalue weighted by Gasteiger charge is -2.17. The lowest BCUT2D eigenvalue weighted by molar-refractivity contribution is 0.353. The van der Waals surface area contributed by atoms with Gasteiger partial charge in [0.15, 0.2) is 23.0 Å². The van der Waals surface area contributed by atoms with Crippen LogP contribution in [-0.4, -0.2) is 36.9 Å². The topological polar surface area (TPSA) is 83.1 Å². The molecule has 142 valence electrons. The second-order valence-corrected chi connectivity index (χ2v) is 7.19. The molecule has 0 aliphatic rings. The summed E-state index contributed by atoms with van der Waals surface area (Å²) in [7, 11) is 2.25. The third-order valence-electron chi connectivity index (χ3n) is 3.90. The van der Waals surface area contributed by atoms with E-state index in [4.69, 9.17) is 18.9 Å². The summed E-state index contributed by atoms with van der Waals surface area (Å²) in [4.78, 5) is 0.0856. The van der Waals surface area contributed by atoms with Gasteiger partial charge in [0.25, 0.3) is 0 Å². The number of hydrogen-bond donors (Lipinski definition) is 1. The van der Waals surface area contributed by atoms with E-state index in [1.807, 2.05) is 0 Å². The minimum absolute atomic E-state index is 0.0856. The lowest BCUT2D eigenvalue weighted by Crippen LogP contribution is -2.27. The van der Waals surface area contributed by atoms with E-state index in [-0.39, 0.29) is 4.90 Å². The van der Waals surface area contributed by atoms with Crippen LogP contribution in [-0.2, 0) is 10.0 Å². The van der Waals surface area contributed by atoms with Crippen LogP contribution in [0.2, 0.25) is 0 Å². The monoisotopic (exact) mass is 381 g/mol. The van der Waals surface area contributed by atoms with Gasteiger partial charge in [-0.25, -0.2) is 13.1 Å². The molecule has 0 heterocycles. The van der Waals surface area contributed by atoms with Crippen molar-refractivity contribution in [3.63, 3.8) is 0 Å². The van der Waals surface area contributed by atoms with Gasteiger partial charge in [0.2, 0.25) is 10.0 Å². The van der Waals surface area contributed by atoms with Crippen LogP contribution in [0.4, 0.5) is 0 Å². The molecule has 0 radical (unpaired) electrons. The van der Waals surface area contributed by atoms with E-state index in [1.165, 1.54) is 33.5 Å². The molecule has 8 heteroatoms. The van der Waals surface area contributed by atoms with E-state index < -0.39 is 16.1 Å². The Morgan fingerprint density at radius 2 is 1.27 bits per heavy atom. The van der Waals surface area contributed by atoms with Crippen LogP contribution in [0.25, 0.3) is 0 Å². The zero-order valence-corrected chi connectivity index (χ0v) is 16.2. The predicted octanol–water partition coefficient (Wildman–Crippen LogP) is 2.76. The van der Waals surface area contributed by atoms with Gasteiger partial charge in [0.1, 0.15) is 0 Å². The highest BCUT2D eigenvalue weighted by atomic mass is 32.2. The van der Waals surface area contributed by atoms with E-state index in [9.17, 15) is 8.42 Å². The first kappa shape index (κ1) is 19.9. The fourth-order valence-corrected chi connectivity index (χ4v) is 3.72. The van der Waals surface area contributed by atoms with Crippen molar-refractivity contribution in [2.75, 3.05) is 28.4 Å². The maximum atomic E-state index is 12.7. The standard InChI is InChI=1S/C18H23NO6S/c1-12(13-6-8-15(22-2)17(10-13)24-4)19-26(20,21)14-7-9-16(23-3)18(11-14)25-5/h6-12,19H,1-5H3. The van der Waals surface area contributed by atoms with Crippen molar-refractivity contribution in [2.24, 2.45) is 0 Å². The molecule has 1 unspecified atom stereocenters. The Bertz CT molecular complexity index is 866. The highest BCUT2D eigenvalue weighted by Crippen LogP contribution is 2.32. The van der Waals surface area contributed by atoms with Crippen molar-refractivity contribution in [2.45, 2.75) is 17.9 Å². The maximum absolute atomic E-state index is 12.7. The maximum Gasteiger partial charge on any atom is 0.241 e. The minimum Gasteiger partial charge on any atom is -0.493 e. The zero-order valence-electron chi connectivity index (χ0n) is 15.4. The largest absolute Gasteiger partial charge is 0.493 e. The van der Waals surface area contributed by atoms with E-state index >= 15 is 0 Å². The second-order valence-electron chi connectivity index (χ2n) is 5.47. The van der Waals surface area contributed by atoms with Gasteiger partial charge < -0.3 is 18.9 Å². The molecule has 1 atom stereocenters. The van der Waals surface area contributed by atoms with Gasteiger partial charge in [-0.1, -0.05) is 6.07 Å². The molecule has 0 fully saturated rings. The minimum atomic E-state index is -3.76. The summed E-state index contributed by atoms with van der Waals surface area (Å²) in [6.45, 7) is 1.75. The zero-order chi connectivity index (χ0) is 19.3. The van der Waals surface area contributed by atoms with Crippen molar-refractivity contribution in [1.29, 1.82) is 0 Å². The Hall–Kier alpha value is -2.45. The predicted molar refractivity (Wildman–Crippen MR) is 97.8 cm³/mol. The molecule has 0 saturated heterocycles. The van der Waals surface area contributed by atoms with E-state index in [1.54, 1.807) is 38.3 Å². The first-order valence-corrected chi connectivity index (χ1v) is 9.31. The lowest BCUT2D eigenvalue weighted by atomic mass is 10.1. The molecule has 7 nitrogen and oxygen atoms in total. The summed E-state index contributed by atoms with van der Waals surface area (Å²) in [5, 5.41) is 0. The molecule has 1 N–H and O–H groups in total. The van der Waals surface area contributed by atoms with Crippen LogP contribution in [0.1, 0.15) is 18.5 Å². The summed E-state index contributed by atoms with van der Waals surface area (Å²) < 4.78 is 48.8. The molecule has 26 heavy (non-hydrogen) atoms. The molecule has 0 aliphatic heterocycles. The number of rotatable bonds is 8. The highest BCUT2D eigenvalue weighted by molar-refractivity contribution is 7.89. The quantitative estimate of drug-likeness (QED) is 0.757. The van der Waals surface area contributed by atoms with Crippen LogP contribution < -0.4 is 23.7 Å². The molecule has 0 saturated carbocycles. The summed E-state index contributed by atoms with van der Waals surface area (Å²) in [5.41, 5.74) is 0.742. The Balaban J connectivity index is 2.29. The SMILES string of the molecule is COc1ccc(C(C)NS(=O)(=O)c2ccc(OC)c(OC)c2)cc1OC. The number of sulfonamides is 1. The average molecular weight is 381 g/mol.